The van der Waals surface area contributed by atoms with Gasteiger partial charge in [0.15, 0.2) is 0 Å². The molecule has 6 heteroatoms. The molecule has 5 rings (SSSR count). The molecule has 1 aromatic heterocycles. The number of likely N-dealkylation sites (tertiary alicyclic amines) is 1. The van der Waals surface area contributed by atoms with Gasteiger partial charge in [-0.1, -0.05) is 42.5 Å². The Balaban J connectivity index is 1.27. The first-order valence-corrected chi connectivity index (χ1v) is 11.3. The van der Waals surface area contributed by atoms with Crippen LogP contribution in [0.1, 0.15) is 39.9 Å². The van der Waals surface area contributed by atoms with Gasteiger partial charge in [0.05, 0.1) is 0 Å². The smallest absolute Gasteiger partial charge is 0.261 e. The van der Waals surface area contributed by atoms with Crippen LogP contribution in [-0.4, -0.2) is 46.2 Å². The third kappa shape index (κ3) is 3.60. The van der Waals surface area contributed by atoms with Crippen molar-refractivity contribution in [2.75, 3.05) is 19.6 Å². The fourth-order valence-electron chi connectivity index (χ4n) is 5.10. The Morgan fingerprint density at radius 2 is 1.59 bits per heavy atom. The Morgan fingerprint density at radius 3 is 2.38 bits per heavy atom. The summed E-state index contributed by atoms with van der Waals surface area (Å²) in [7, 11) is 0. The number of rotatable bonds is 2. The summed E-state index contributed by atoms with van der Waals surface area (Å²) in [5.41, 5.74) is 3.86. The maximum absolute atomic E-state index is 13.2. The summed E-state index contributed by atoms with van der Waals surface area (Å²) in [4.78, 5) is 45.5. The molecule has 0 radical (unpaired) electrons. The lowest BCUT2D eigenvalue weighted by molar-refractivity contribution is -0.137. The summed E-state index contributed by atoms with van der Waals surface area (Å²) in [6.45, 7) is 4.23. The Bertz CT molecular complexity index is 1250. The molecular formula is C26H27N3O3. The van der Waals surface area contributed by atoms with Gasteiger partial charge in [0.2, 0.25) is 5.91 Å². The number of carbonyl (C=O) groups excluding carboxylic acids is 2. The van der Waals surface area contributed by atoms with Crippen LogP contribution in [0.2, 0.25) is 0 Å². The molecule has 1 N–H and O–H groups in total. The fraction of sp³-hybridized carbons (Fsp3) is 0.346. The quantitative estimate of drug-likeness (QED) is 0.680. The van der Waals surface area contributed by atoms with E-state index in [0.717, 1.165) is 23.9 Å². The summed E-state index contributed by atoms with van der Waals surface area (Å²) in [6.07, 6.45) is 2.16. The molecule has 32 heavy (non-hydrogen) atoms. The number of aromatic nitrogens is 1. The zero-order chi connectivity index (χ0) is 22.2. The van der Waals surface area contributed by atoms with Gasteiger partial charge in [0.1, 0.15) is 5.56 Å². The third-order valence-electron chi connectivity index (χ3n) is 6.97. The minimum absolute atomic E-state index is 0.0692. The lowest BCUT2D eigenvalue weighted by Gasteiger charge is -2.36. The van der Waals surface area contributed by atoms with E-state index in [-0.39, 0.29) is 28.9 Å². The van der Waals surface area contributed by atoms with Crippen molar-refractivity contribution in [1.29, 1.82) is 0 Å². The van der Waals surface area contributed by atoms with Crippen LogP contribution in [-0.2, 0) is 17.8 Å². The summed E-state index contributed by atoms with van der Waals surface area (Å²) < 4.78 is 0. The van der Waals surface area contributed by atoms with Gasteiger partial charge in [-0.25, -0.2) is 0 Å². The highest BCUT2D eigenvalue weighted by Gasteiger charge is 2.33. The van der Waals surface area contributed by atoms with E-state index in [1.165, 1.54) is 11.1 Å². The number of carbonyl (C=O) groups is 2. The van der Waals surface area contributed by atoms with Crippen molar-refractivity contribution in [1.82, 2.24) is 14.8 Å². The number of para-hydroxylation sites is 1. The van der Waals surface area contributed by atoms with Gasteiger partial charge < -0.3 is 14.8 Å². The van der Waals surface area contributed by atoms with Crippen LogP contribution in [0.25, 0.3) is 10.9 Å². The summed E-state index contributed by atoms with van der Waals surface area (Å²) in [5, 5.41) is 0.880. The number of aromatic amines is 1. The normalized spacial score (nSPS) is 16.8. The summed E-state index contributed by atoms with van der Waals surface area (Å²) in [5.74, 6) is -0.126. The van der Waals surface area contributed by atoms with Crippen molar-refractivity contribution in [3.8, 4) is 0 Å². The highest BCUT2D eigenvalue weighted by Crippen LogP contribution is 2.26. The maximum Gasteiger partial charge on any atom is 0.261 e. The average Bonchev–Trinajstić information content (AvgIpc) is 2.83. The van der Waals surface area contributed by atoms with E-state index in [4.69, 9.17) is 0 Å². The van der Waals surface area contributed by atoms with Crippen molar-refractivity contribution >= 4 is 22.7 Å². The second-order valence-electron chi connectivity index (χ2n) is 8.84. The van der Waals surface area contributed by atoms with Gasteiger partial charge in [0, 0.05) is 43.0 Å². The van der Waals surface area contributed by atoms with Gasteiger partial charge >= 0.3 is 0 Å². The van der Waals surface area contributed by atoms with E-state index in [2.05, 4.69) is 17.1 Å². The topological polar surface area (TPSA) is 73.5 Å². The number of benzene rings is 2. The highest BCUT2D eigenvalue weighted by atomic mass is 16.2. The molecule has 164 valence electrons. The molecule has 6 nitrogen and oxygen atoms in total. The van der Waals surface area contributed by atoms with Crippen molar-refractivity contribution < 1.29 is 9.59 Å². The standard InChI is InChI=1S/C26H27N3O3/c1-17-21-8-4-5-9-22(21)27-24(30)23(17)26(32)28-13-11-19(12-14-28)25(31)29-15-10-18-6-2-3-7-20(18)16-29/h2-9,19H,10-16H2,1H3,(H,27,30). The number of piperidine rings is 1. The first-order valence-electron chi connectivity index (χ1n) is 11.3. The number of fused-ring (bicyclic) bond motifs is 2. The predicted octanol–water partition coefficient (Wildman–Crippen LogP) is 3.27. The van der Waals surface area contributed by atoms with Crippen LogP contribution < -0.4 is 5.56 Å². The molecule has 0 unspecified atom stereocenters. The molecule has 0 spiro atoms. The number of nitrogens with one attached hydrogen (secondary N) is 1. The molecule has 0 bridgehead atoms. The van der Waals surface area contributed by atoms with Crippen molar-refractivity contribution in [3.63, 3.8) is 0 Å². The van der Waals surface area contributed by atoms with Crippen LogP contribution in [0.3, 0.4) is 0 Å². The lowest BCUT2D eigenvalue weighted by atomic mass is 9.92. The maximum atomic E-state index is 13.2. The number of pyridine rings is 1. The van der Waals surface area contributed by atoms with Crippen molar-refractivity contribution in [3.05, 3.63) is 81.1 Å². The van der Waals surface area contributed by atoms with Gasteiger partial charge in [0.25, 0.3) is 11.5 Å². The lowest BCUT2D eigenvalue weighted by Crippen LogP contribution is -2.46. The molecule has 0 atom stereocenters. The molecule has 0 saturated carbocycles. The van der Waals surface area contributed by atoms with Crippen molar-refractivity contribution in [2.45, 2.75) is 32.7 Å². The van der Waals surface area contributed by atoms with E-state index < -0.39 is 0 Å². The van der Waals surface area contributed by atoms with Crippen LogP contribution in [0.5, 0.6) is 0 Å². The number of H-pyrrole nitrogens is 1. The second kappa shape index (κ2) is 8.26. The molecular weight excluding hydrogens is 402 g/mol. The zero-order valence-electron chi connectivity index (χ0n) is 18.3. The first kappa shape index (κ1) is 20.5. The van der Waals surface area contributed by atoms with Gasteiger partial charge in [-0.05, 0) is 48.9 Å². The molecule has 3 aromatic rings. The molecule has 0 aliphatic carbocycles. The Kier molecular flexibility index (Phi) is 5.29. The number of amides is 2. The van der Waals surface area contributed by atoms with E-state index >= 15 is 0 Å². The van der Waals surface area contributed by atoms with Crippen LogP contribution >= 0.6 is 0 Å². The molecule has 3 heterocycles. The van der Waals surface area contributed by atoms with Gasteiger partial charge in [-0.15, -0.1) is 0 Å². The van der Waals surface area contributed by atoms with Gasteiger partial charge in [-0.2, -0.15) is 0 Å². The van der Waals surface area contributed by atoms with Crippen molar-refractivity contribution in [2.24, 2.45) is 5.92 Å². The molecule has 1 saturated heterocycles. The van der Waals surface area contributed by atoms with E-state index in [0.29, 0.717) is 38.0 Å². The summed E-state index contributed by atoms with van der Waals surface area (Å²) >= 11 is 0. The van der Waals surface area contributed by atoms with Crippen LogP contribution in [0, 0.1) is 12.8 Å². The monoisotopic (exact) mass is 429 g/mol. The van der Waals surface area contributed by atoms with Crippen LogP contribution in [0.15, 0.2) is 53.3 Å². The SMILES string of the molecule is Cc1c(C(=O)N2CCC(C(=O)N3CCc4ccccc4C3)CC2)c(=O)[nH]c2ccccc12. The number of aryl methyl sites for hydroxylation is 1. The fourth-order valence-corrected chi connectivity index (χ4v) is 5.10. The Labute approximate surface area is 186 Å². The average molecular weight is 430 g/mol. The Morgan fingerprint density at radius 1 is 0.906 bits per heavy atom. The van der Waals surface area contributed by atoms with Crippen LogP contribution in [0.4, 0.5) is 0 Å². The number of nitrogens with zero attached hydrogens (tertiary/aromatic N) is 2. The number of hydrogen-bond acceptors (Lipinski definition) is 3. The second-order valence-corrected chi connectivity index (χ2v) is 8.84. The largest absolute Gasteiger partial charge is 0.338 e. The molecule has 2 aliphatic rings. The first-order chi connectivity index (χ1) is 15.5. The minimum Gasteiger partial charge on any atom is -0.338 e. The Hall–Kier alpha value is -3.41. The van der Waals surface area contributed by atoms with E-state index in [1.807, 2.05) is 48.2 Å². The molecule has 2 amide bonds. The molecule has 1 fully saturated rings. The third-order valence-corrected chi connectivity index (χ3v) is 6.97. The predicted molar refractivity (Wildman–Crippen MR) is 123 cm³/mol. The highest BCUT2D eigenvalue weighted by molar-refractivity contribution is 6.00. The molecule has 2 aromatic carbocycles. The minimum atomic E-state index is -0.351. The van der Waals surface area contributed by atoms with Gasteiger partial charge in [-0.3, -0.25) is 14.4 Å². The number of hydrogen-bond donors (Lipinski definition) is 1. The van der Waals surface area contributed by atoms with E-state index in [9.17, 15) is 14.4 Å². The van der Waals surface area contributed by atoms with E-state index in [1.54, 1.807) is 4.90 Å². The molecule has 2 aliphatic heterocycles. The summed E-state index contributed by atoms with van der Waals surface area (Å²) in [6, 6.07) is 15.8. The zero-order valence-corrected chi connectivity index (χ0v) is 18.3.